The largest absolute Gasteiger partial charge is 0.497 e. The number of carbonyl (C=O) groups excluding carboxylic acids is 3. The number of hydrogen-bond donors (Lipinski definition) is 1. The third-order valence-electron chi connectivity index (χ3n) is 4.51. The molecule has 0 unspecified atom stereocenters. The third-order valence-corrected chi connectivity index (χ3v) is 4.51. The van der Waals surface area contributed by atoms with E-state index in [0.717, 1.165) is 23.8 Å². The molecule has 0 radical (unpaired) electrons. The first kappa shape index (κ1) is 23.3. The number of para-hydroxylation sites is 1. The fourth-order valence-corrected chi connectivity index (χ4v) is 2.83. The molecule has 0 aliphatic carbocycles. The van der Waals surface area contributed by atoms with Gasteiger partial charge in [0, 0.05) is 6.08 Å². The van der Waals surface area contributed by atoms with Crippen LogP contribution in [0.4, 0.5) is 14.5 Å². The highest BCUT2D eigenvalue weighted by Gasteiger charge is 2.18. The van der Waals surface area contributed by atoms with Gasteiger partial charge >= 0.3 is 5.97 Å². The molecule has 0 aromatic heterocycles. The van der Waals surface area contributed by atoms with Crippen molar-refractivity contribution in [2.24, 2.45) is 0 Å². The maximum Gasteiger partial charge on any atom is 0.340 e. The lowest BCUT2D eigenvalue weighted by Gasteiger charge is -2.10. The van der Waals surface area contributed by atoms with Crippen LogP contribution in [0, 0.1) is 11.6 Å². The SMILES string of the molecule is COc1ccc(/C=C/C(=O)Nc2ccccc2C(=O)OCC(=O)c2cc(F)ccc2F)cc1. The minimum Gasteiger partial charge on any atom is -0.497 e. The van der Waals surface area contributed by atoms with Crippen LogP contribution in [0.25, 0.3) is 6.08 Å². The molecule has 0 saturated heterocycles. The Morgan fingerprint density at radius 1 is 0.939 bits per heavy atom. The first-order chi connectivity index (χ1) is 15.9. The Kier molecular flexibility index (Phi) is 7.64. The highest BCUT2D eigenvalue weighted by atomic mass is 19.1. The van der Waals surface area contributed by atoms with Crippen LogP contribution in [0.3, 0.4) is 0 Å². The van der Waals surface area contributed by atoms with Gasteiger partial charge in [0.1, 0.15) is 17.4 Å². The summed E-state index contributed by atoms with van der Waals surface area (Å²) in [6.07, 6.45) is 2.88. The summed E-state index contributed by atoms with van der Waals surface area (Å²) < 4.78 is 37.0. The molecule has 0 saturated carbocycles. The van der Waals surface area contributed by atoms with Crippen LogP contribution in [0.1, 0.15) is 26.3 Å². The zero-order chi connectivity index (χ0) is 23.8. The Morgan fingerprint density at radius 3 is 2.39 bits per heavy atom. The average molecular weight is 451 g/mol. The van der Waals surface area contributed by atoms with Crippen LogP contribution in [-0.2, 0) is 9.53 Å². The summed E-state index contributed by atoms with van der Waals surface area (Å²) in [7, 11) is 1.55. The lowest BCUT2D eigenvalue weighted by atomic mass is 10.1. The van der Waals surface area contributed by atoms with Gasteiger partial charge in [-0.2, -0.15) is 0 Å². The van der Waals surface area contributed by atoms with E-state index in [2.05, 4.69) is 5.32 Å². The maximum absolute atomic E-state index is 13.7. The van der Waals surface area contributed by atoms with E-state index in [1.54, 1.807) is 49.6 Å². The van der Waals surface area contributed by atoms with Gasteiger partial charge in [-0.15, -0.1) is 0 Å². The monoisotopic (exact) mass is 451 g/mol. The van der Waals surface area contributed by atoms with Gasteiger partial charge in [0.25, 0.3) is 0 Å². The van der Waals surface area contributed by atoms with Gasteiger partial charge in [-0.25, -0.2) is 13.6 Å². The number of benzene rings is 3. The van der Waals surface area contributed by atoms with E-state index in [4.69, 9.17) is 9.47 Å². The number of amides is 1. The van der Waals surface area contributed by atoms with Crippen LogP contribution in [0.2, 0.25) is 0 Å². The smallest absolute Gasteiger partial charge is 0.340 e. The van der Waals surface area contributed by atoms with Gasteiger partial charge in [0.2, 0.25) is 11.7 Å². The Labute approximate surface area is 188 Å². The van der Waals surface area contributed by atoms with Gasteiger partial charge in [0.15, 0.2) is 6.61 Å². The topological polar surface area (TPSA) is 81.7 Å². The number of carbonyl (C=O) groups is 3. The van der Waals surface area contributed by atoms with E-state index in [-0.39, 0.29) is 11.3 Å². The molecule has 33 heavy (non-hydrogen) atoms. The highest BCUT2D eigenvalue weighted by Crippen LogP contribution is 2.18. The van der Waals surface area contributed by atoms with Gasteiger partial charge < -0.3 is 14.8 Å². The number of ketones is 1. The third kappa shape index (κ3) is 6.33. The molecule has 0 aliphatic heterocycles. The molecule has 3 aromatic rings. The number of anilines is 1. The molecule has 0 spiro atoms. The number of Topliss-reactive ketones (excluding diaryl/α,β-unsaturated/α-hetero) is 1. The lowest BCUT2D eigenvalue weighted by Crippen LogP contribution is -2.18. The number of esters is 1. The Morgan fingerprint density at radius 2 is 1.67 bits per heavy atom. The predicted octanol–water partition coefficient (Wildman–Crippen LogP) is 4.67. The second-order valence-electron chi connectivity index (χ2n) is 6.76. The van der Waals surface area contributed by atoms with Crippen molar-refractivity contribution in [1.29, 1.82) is 0 Å². The fraction of sp³-hybridized carbons (Fsp3) is 0.0800. The molecule has 0 bridgehead atoms. The summed E-state index contributed by atoms with van der Waals surface area (Å²) >= 11 is 0. The van der Waals surface area contributed by atoms with Gasteiger partial charge in [0.05, 0.1) is 23.9 Å². The van der Waals surface area contributed by atoms with Crippen LogP contribution in [0.15, 0.2) is 72.8 Å². The van der Waals surface area contributed by atoms with E-state index in [1.165, 1.54) is 18.2 Å². The van der Waals surface area contributed by atoms with Gasteiger partial charge in [-0.3, -0.25) is 9.59 Å². The molecule has 8 heteroatoms. The van der Waals surface area contributed by atoms with E-state index in [1.807, 2.05) is 0 Å². The van der Waals surface area contributed by atoms with Gasteiger partial charge in [-0.1, -0.05) is 24.3 Å². The number of ether oxygens (including phenoxy) is 2. The maximum atomic E-state index is 13.7. The zero-order valence-corrected chi connectivity index (χ0v) is 17.5. The van der Waals surface area contributed by atoms with Crippen LogP contribution >= 0.6 is 0 Å². The molecule has 6 nitrogen and oxygen atoms in total. The van der Waals surface area contributed by atoms with Crippen LogP contribution < -0.4 is 10.1 Å². The first-order valence-corrected chi connectivity index (χ1v) is 9.75. The van der Waals surface area contributed by atoms with Crippen molar-refractivity contribution < 1.29 is 32.6 Å². The highest BCUT2D eigenvalue weighted by molar-refractivity contribution is 6.07. The van der Waals surface area contributed by atoms with E-state index >= 15 is 0 Å². The summed E-state index contributed by atoms with van der Waals surface area (Å²) in [6.45, 7) is -0.793. The Balaban J connectivity index is 1.64. The molecule has 0 fully saturated rings. The van der Waals surface area contributed by atoms with Crippen molar-refractivity contribution in [2.75, 3.05) is 19.0 Å². The minimum atomic E-state index is -0.922. The van der Waals surface area contributed by atoms with E-state index < -0.39 is 41.5 Å². The number of rotatable bonds is 8. The molecule has 0 aliphatic rings. The molecule has 3 aromatic carbocycles. The quantitative estimate of drug-likeness (QED) is 0.306. The number of hydrogen-bond acceptors (Lipinski definition) is 5. The number of halogens is 2. The molecule has 0 atom stereocenters. The second kappa shape index (κ2) is 10.8. The van der Waals surface area contributed by atoms with Crippen LogP contribution in [0.5, 0.6) is 5.75 Å². The van der Waals surface area contributed by atoms with Crippen LogP contribution in [-0.4, -0.2) is 31.4 Å². The molecular formula is C25H19F2NO5. The average Bonchev–Trinajstić information content (AvgIpc) is 2.83. The molecule has 1 amide bonds. The predicted molar refractivity (Wildman–Crippen MR) is 118 cm³/mol. The lowest BCUT2D eigenvalue weighted by molar-refractivity contribution is -0.111. The minimum absolute atomic E-state index is 0.00351. The summed E-state index contributed by atoms with van der Waals surface area (Å²) in [4.78, 5) is 36.9. The Hall–Kier alpha value is -4.33. The number of methoxy groups -OCH3 is 1. The second-order valence-corrected chi connectivity index (χ2v) is 6.76. The molecular weight excluding hydrogens is 432 g/mol. The molecule has 1 N–H and O–H groups in total. The van der Waals surface area contributed by atoms with Crippen molar-refractivity contribution >= 4 is 29.4 Å². The molecule has 3 rings (SSSR count). The van der Waals surface area contributed by atoms with Gasteiger partial charge in [-0.05, 0) is 54.1 Å². The van der Waals surface area contributed by atoms with Crippen molar-refractivity contribution in [3.63, 3.8) is 0 Å². The van der Waals surface area contributed by atoms with Crippen molar-refractivity contribution in [2.45, 2.75) is 0 Å². The normalized spacial score (nSPS) is 10.6. The van der Waals surface area contributed by atoms with Crippen molar-refractivity contribution in [3.05, 3.63) is 101 Å². The van der Waals surface area contributed by atoms with Crippen molar-refractivity contribution in [1.82, 2.24) is 0 Å². The van der Waals surface area contributed by atoms with E-state index in [0.29, 0.717) is 5.75 Å². The van der Waals surface area contributed by atoms with Crippen molar-refractivity contribution in [3.8, 4) is 5.75 Å². The zero-order valence-electron chi connectivity index (χ0n) is 17.5. The molecule has 0 heterocycles. The fourth-order valence-electron chi connectivity index (χ4n) is 2.83. The summed E-state index contributed by atoms with van der Waals surface area (Å²) in [5.74, 6) is -3.33. The summed E-state index contributed by atoms with van der Waals surface area (Å²) in [5, 5.41) is 2.57. The Bertz CT molecular complexity index is 1210. The van der Waals surface area contributed by atoms with E-state index in [9.17, 15) is 23.2 Å². The first-order valence-electron chi connectivity index (χ1n) is 9.75. The number of nitrogens with one attached hydrogen (secondary N) is 1. The molecule has 168 valence electrons. The summed E-state index contributed by atoms with van der Waals surface area (Å²) in [6, 6.07) is 15.5. The standard InChI is InChI=1S/C25H19F2NO5/c1-32-18-10-6-16(7-11-18)8-13-24(30)28-22-5-3-2-4-19(22)25(31)33-15-23(29)20-14-17(26)9-12-21(20)27/h2-14H,15H2,1H3,(H,28,30)/b13-8+. The summed E-state index contributed by atoms with van der Waals surface area (Å²) in [5.41, 5.74) is 0.405.